The topological polar surface area (TPSA) is 34.8 Å². The first-order valence-corrected chi connectivity index (χ1v) is 10.8. The fourth-order valence-electron chi connectivity index (χ4n) is 2.70. The molecule has 5 nitrogen and oxygen atoms in total. The molecule has 1 unspecified atom stereocenters. The molecule has 0 aromatic carbocycles. The van der Waals surface area contributed by atoms with Crippen molar-refractivity contribution < 1.29 is 48.7 Å². The van der Waals surface area contributed by atoms with Crippen LogP contribution in [-0.4, -0.2) is 44.7 Å². The Balaban J connectivity index is 0.000000859. The van der Waals surface area contributed by atoms with Crippen LogP contribution in [0.25, 0.3) is 0 Å². The summed E-state index contributed by atoms with van der Waals surface area (Å²) in [7, 11) is -12.0. The molecule has 0 fully saturated rings. The van der Waals surface area contributed by atoms with Crippen LogP contribution in [0, 0.1) is 0 Å². The number of nitrogens with zero attached hydrogens (tertiary/aromatic N) is 3. The highest BCUT2D eigenvalue weighted by Gasteiger charge is 2.21. The number of hydrogen-bond donors (Lipinski definition) is 1. The van der Waals surface area contributed by atoms with E-state index in [1.165, 1.54) is 36.4 Å². The van der Waals surface area contributed by atoms with Crippen molar-refractivity contribution in [2.75, 3.05) is 19.8 Å². The highest BCUT2D eigenvalue weighted by molar-refractivity contribution is 6.50. The Morgan fingerprint density at radius 2 is 1.58 bits per heavy atom. The second kappa shape index (κ2) is 16.7. The number of ether oxygens (including phenoxy) is 1. The van der Waals surface area contributed by atoms with E-state index in [1.807, 2.05) is 6.20 Å². The minimum absolute atomic E-state index is 0.757. The van der Waals surface area contributed by atoms with E-state index >= 15 is 0 Å². The van der Waals surface area contributed by atoms with Gasteiger partial charge in [0.15, 0.2) is 0 Å². The zero-order chi connectivity index (χ0) is 25.3. The summed E-state index contributed by atoms with van der Waals surface area (Å²) in [5, 5.41) is 0. The van der Waals surface area contributed by atoms with Crippen molar-refractivity contribution in [3.05, 3.63) is 31.1 Å². The molecule has 0 bridgehead atoms. The van der Waals surface area contributed by atoms with Gasteiger partial charge in [-0.05, 0) is 12.8 Å². The Labute approximate surface area is 189 Å². The van der Waals surface area contributed by atoms with Gasteiger partial charge in [0.25, 0.3) is 0 Å². The molecule has 1 aromatic heterocycles. The van der Waals surface area contributed by atoms with Crippen LogP contribution in [0.5, 0.6) is 0 Å². The van der Waals surface area contributed by atoms with Crippen molar-refractivity contribution in [1.82, 2.24) is 4.57 Å². The van der Waals surface area contributed by atoms with Gasteiger partial charge in [-0.2, -0.15) is 0 Å². The van der Waals surface area contributed by atoms with E-state index in [4.69, 9.17) is 4.74 Å². The molecule has 2 rings (SSSR count). The second-order valence-corrected chi connectivity index (χ2v) is 7.12. The Morgan fingerprint density at radius 1 is 0.970 bits per heavy atom. The van der Waals surface area contributed by atoms with Crippen LogP contribution in [-0.2, 0) is 17.8 Å². The summed E-state index contributed by atoms with van der Waals surface area (Å²) in [6.45, 7) is 9.13. The molecule has 0 spiro atoms. The number of amidine groups is 1. The van der Waals surface area contributed by atoms with Gasteiger partial charge in [0.1, 0.15) is 25.1 Å². The van der Waals surface area contributed by atoms with Crippen LogP contribution in [0.15, 0.2) is 36.1 Å². The summed E-state index contributed by atoms with van der Waals surface area (Å²) < 4.78 is 88.2. The lowest BCUT2D eigenvalue weighted by Crippen LogP contribution is -3.09. The van der Waals surface area contributed by atoms with Gasteiger partial charge in [-0.3, -0.25) is 4.90 Å². The number of imidazole rings is 1. The average Bonchev–Trinajstić information content (AvgIpc) is 3.31. The van der Waals surface area contributed by atoms with E-state index in [0.717, 1.165) is 39.3 Å². The first-order valence-electron chi connectivity index (χ1n) is 10.8. The summed E-state index contributed by atoms with van der Waals surface area (Å²) in [5.41, 5.74) is 0. The maximum absolute atomic E-state index is 9.75. The predicted octanol–water partition coefficient (Wildman–Crippen LogP) is 4.15. The SMILES string of the molecule is CCCC[n+]1ccn(CCOCCC2=NC=C[NH+]2CCCC)c1.F[B-](F)(F)F.F[B-](F)(F)F. The molecule has 0 saturated heterocycles. The molecular weight excluding hydrogens is 462 g/mol. The van der Waals surface area contributed by atoms with Crippen LogP contribution in [0.2, 0.25) is 0 Å². The zero-order valence-electron chi connectivity index (χ0n) is 18.9. The van der Waals surface area contributed by atoms with E-state index in [0.29, 0.717) is 0 Å². The van der Waals surface area contributed by atoms with Crippen LogP contribution in [0.1, 0.15) is 46.0 Å². The van der Waals surface area contributed by atoms with E-state index in [-0.39, 0.29) is 0 Å². The number of aliphatic imine (C=N–C) groups is 1. The van der Waals surface area contributed by atoms with Gasteiger partial charge in [0.05, 0.1) is 38.9 Å². The third kappa shape index (κ3) is 21.7. The smallest absolute Gasteiger partial charge is 0.418 e. The van der Waals surface area contributed by atoms with Crippen molar-refractivity contribution in [2.45, 2.75) is 59.0 Å². The fraction of sp³-hybridized carbons (Fsp3) is 0.667. The molecule has 2 heterocycles. The second-order valence-electron chi connectivity index (χ2n) is 7.12. The lowest BCUT2D eigenvalue weighted by Gasteiger charge is -2.11. The summed E-state index contributed by atoms with van der Waals surface area (Å²) in [5.74, 6) is 1.22. The molecule has 0 amide bonds. The summed E-state index contributed by atoms with van der Waals surface area (Å²) in [6.07, 6.45) is 16.4. The molecule has 1 atom stereocenters. The van der Waals surface area contributed by atoms with Gasteiger partial charge in [0.2, 0.25) is 12.2 Å². The summed E-state index contributed by atoms with van der Waals surface area (Å²) >= 11 is 0. The number of nitrogens with one attached hydrogen (secondary N) is 1. The highest BCUT2D eigenvalue weighted by Crippen LogP contribution is 2.07. The molecule has 0 saturated carbocycles. The highest BCUT2D eigenvalue weighted by atomic mass is 19.5. The lowest BCUT2D eigenvalue weighted by molar-refractivity contribution is -0.746. The molecule has 1 aliphatic heterocycles. The lowest BCUT2D eigenvalue weighted by atomic mass is 10.3. The van der Waals surface area contributed by atoms with Crippen molar-refractivity contribution in [3.8, 4) is 0 Å². The number of quaternary nitrogens is 1. The normalized spacial score (nSPS) is 15.5. The van der Waals surface area contributed by atoms with Crippen LogP contribution in [0.3, 0.4) is 0 Å². The van der Waals surface area contributed by atoms with Gasteiger partial charge < -0.3 is 39.3 Å². The van der Waals surface area contributed by atoms with Crippen LogP contribution < -0.4 is 9.47 Å². The Hall–Kier alpha value is -1.89. The van der Waals surface area contributed by atoms with Gasteiger partial charge in [-0.1, -0.05) is 26.7 Å². The molecule has 0 aliphatic carbocycles. The minimum Gasteiger partial charge on any atom is -0.418 e. The molecule has 33 heavy (non-hydrogen) atoms. The molecule has 0 radical (unpaired) electrons. The molecule has 1 N–H and O–H groups in total. The number of unbranched alkanes of at least 4 members (excludes halogenated alkanes) is 2. The fourth-order valence-corrected chi connectivity index (χ4v) is 2.70. The number of hydrogen-bond acceptors (Lipinski definition) is 2. The standard InChI is InChI=1S/C18H31N4O.2BF4/c1-3-5-9-20-12-13-21(17-20)14-16-23-15-7-18-19-8-11-22(18)10-6-4-2;2*2-1(3,4)5/h8,11-13,17H,3-7,9-10,14-16H2,1-2H3;;/q+1;2*-1/p+1. The summed E-state index contributed by atoms with van der Waals surface area (Å²) in [6, 6.07) is 0. The first kappa shape index (κ1) is 31.1. The number of aryl methyl sites for hydroxylation is 1. The maximum atomic E-state index is 9.75. The van der Waals surface area contributed by atoms with E-state index in [9.17, 15) is 34.5 Å². The maximum Gasteiger partial charge on any atom is 0.673 e. The average molecular weight is 494 g/mol. The zero-order valence-corrected chi connectivity index (χ0v) is 18.9. The van der Waals surface area contributed by atoms with Crippen LogP contribution >= 0.6 is 0 Å². The van der Waals surface area contributed by atoms with Crippen molar-refractivity contribution in [3.63, 3.8) is 0 Å². The van der Waals surface area contributed by atoms with E-state index < -0.39 is 14.5 Å². The Kier molecular flexibility index (Phi) is 15.7. The van der Waals surface area contributed by atoms with E-state index in [1.54, 1.807) is 0 Å². The first-order chi connectivity index (χ1) is 15.3. The van der Waals surface area contributed by atoms with Crippen molar-refractivity contribution in [2.24, 2.45) is 4.99 Å². The molecule has 192 valence electrons. The van der Waals surface area contributed by atoms with Gasteiger partial charge in [-0.15, -0.1) is 0 Å². The minimum atomic E-state index is -6.00. The van der Waals surface area contributed by atoms with E-state index in [2.05, 4.69) is 52.9 Å². The Morgan fingerprint density at radius 3 is 2.15 bits per heavy atom. The molecule has 1 aliphatic rings. The quantitative estimate of drug-likeness (QED) is 0.202. The number of aromatic nitrogens is 2. The number of rotatable bonds is 12. The third-order valence-electron chi connectivity index (χ3n) is 4.17. The Bertz CT molecular complexity index is 672. The van der Waals surface area contributed by atoms with Gasteiger partial charge in [0, 0.05) is 0 Å². The monoisotopic (exact) mass is 494 g/mol. The third-order valence-corrected chi connectivity index (χ3v) is 4.17. The molecule has 15 heteroatoms. The van der Waals surface area contributed by atoms with Gasteiger partial charge in [-0.25, -0.2) is 14.1 Å². The van der Waals surface area contributed by atoms with Gasteiger partial charge >= 0.3 is 14.5 Å². The summed E-state index contributed by atoms with van der Waals surface area (Å²) in [4.78, 5) is 5.87. The predicted molar refractivity (Wildman–Crippen MR) is 113 cm³/mol. The van der Waals surface area contributed by atoms with Crippen LogP contribution in [0.4, 0.5) is 34.5 Å². The van der Waals surface area contributed by atoms with Crippen molar-refractivity contribution in [1.29, 1.82) is 0 Å². The molecule has 1 aromatic rings. The largest absolute Gasteiger partial charge is 0.673 e. The van der Waals surface area contributed by atoms with Crippen molar-refractivity contribution >= 4 is 20.3 Å². The molecular formula is C18H32B2F8N4O. The number of halogens is 8.